The van der Waals surface area contributed by atoms with Crippen LogP contribution < -0.4 is 16.4 Å². The van der Waals surface area contributed by atoms with Crippen molar-refractivity contribution in [2.24, 2.45) is 0 Å². The summed E-state index contributed by atoms with van der Waals surface area (Å²) in [4.78, 5) is 23.8. The highest BCUT2D eigenvalue weighted by Crippen LogP contribution is 2.40. The number of likely N-dealkylation sites (tertiary alicyclic amines) is 1. The topological polar surface area (TPSA) is 96.2 Å². The van der Waals surface area contributed by atoms with Crippen LogP contribution in [0.2, 0.25) is 5.02 Å². The number of thiophene rings is 1. The number of fused-ring (bicyclic) bond motifs is 3. The summed E-state index contributed by atoms with van der Waals surface area (Å²) in [6.07, 6.45) is 9.60. The average molecular weight is 507 g/mol. The normalized spacial score (nSPS) is 14.6. The number of anilines is 3. The Morgan fingerprint density at radius 2 is 1.85 bits per heavy atom. The van der Waals surface area contributed by atoms with Gasteiger partial charge in [0.1, 0.15) is 17.0 Å². The molecule has 0 atom stereocenters. The molecule has 5 rings (SSSR count). The lowest BCUT2D eigenvalue weighted by Crippen LogP contribution is -2.15. The van der Waals surface area contributed by atoms with Crippen molar-refractivity contribution >= 4 is 69.4 Å². The Hall–Kier alpha value is -2.07. The number of halogens is 1. The van der Waals surface area contributed by atoms with Crippen LogP contribution in [0.15, 0.2) is 23.4 Å². The van der Waals surface area contributed by atoms with Crippen molar-refractivity contribution < 1.29 is 4.79 Å². The van der Waals surface area contributed by atoms with E-state index in [1.807, 2.05) is 20.2 Å². The minimum atomic E-state index is 0.552. The van der Waals surface area contributed by atoms with Crippen molar-refractivity contribution in [2.75, 3.05) is 38.2 Å². The van der Waals surface area contributed by atoms with Gasteiger partial charge in [-0.05, 0) is 70.3 Å². The molecule has 3 heterocycles. The van der Waals surface area contributed by atoms with E-state index in [1.165, 1.54) is 36.1 Å². The molecule has 178 valence electrons. The van der Waals surface area contributed by atoms with Crippen LogP contribution in [0.3, 0.4) is 0 Å². The molecule has 1 saturated heterocycles. The van der Waals surface area contributed by atoms with Crippen LogP contribution in [-0.4, -0.2) is 48.5 Å². The third-order valence-electron chi connectivity index (χ3n) is 5.41. The molecule has 1 aromatic carbocycles. The Morgan fingerprint density at radius 3 is 2.52 bits per heavy atom. The number of hydrogen-bond acceptors (Lipinski definition) is 8. The molecule has 1 amide bonds. The molecule has 0 spiro atoms. The molecule has 2 aliphatic rings. The minimum absolute atomic E-state index is 0.552. The van der Waals surface area contributed by atoms with Gasteiger partial charge in [0.15, 0.2) is 0 Å². The van der Waals surface area contributed by atoms with Crippen molar-refractivity contribution in [1.29, 1.82) is 0 Å². The number of carbonyl (C=O) groups is 1. The maximum atomic E-state index is 9.93. The van der Waals surface area contributed by atoms with Crippen LogP contribution in [0.4, 0.5) is 17.2 Å². The maximum absolute atomic E-state index is 9.93. The van der Waals surface area contributed by atoms with Gasteiger partial charge in [0.05, 0.1) is 16.1 Å². The molecule has 2 aromatic heterocycles. The largest absolute Gasteiger partial charge is 0.398 e. The van der Waals surface area contributed by atoms with Gasteiger partial charge in [-0.25, -0.2) is 9.97 Å². The first-order chi connectivity index (χ1) is 16.0. The molecular weight excluding hydrogens is 476 g/mol. The van der Waals surface area contributed by atoms with Gasteiger partial charge in [0, 0.05) is 28.5 Å². The number of nitrogens with two attached hydrogens (primary N) is 1. The first-order valence-electron chi connectivity index (χ1n) is 11.1. The Kier molecular flexibility index (Phi) is 9.61. The van der Waals surface area contributed by atoms with E-state index in [4.69, 9.17) is 17.3 Å². The number of amides is 1. The number of nitrogen functional groups attached to an aromatic ring is 1. The molecule has 3 aromatic rings. The van der Waals surface area contributed by atoms with Crippen molar-refractivity contribution in [2.45, 2.75) is 43.4 Å². The molecule has 33 heavy (non-hydrogen) atoms. The summed E-state index contributed by atoms with van der Waals surface area (Å²) < 4.78 is 0. The zero-order valence-electron chi connectivity index (χ0n) is 19.0. The SMILES string of the molecule is CNC.Nc1cc(Cl)c(Nc2ncnc3sc4c(c23)CCCC4)cc1S.O=CN1CCCC1. The number of aromatic nitrogens is 2. The van der Waals surface area contributed by atoms with Gasteiger partial charge in [-0.1, -0.05) is 11.6 Å². The summed E-state index contributed by atoms with van der Waals surface area (Å²) in [5.74, 6) is 0.800. The molecule has 0 saturated carbocycles. The smallest absolute Gasteiger partial charge is 0.209 e. The van der Waals surface area contributed by atoms with Crippen molar-refractivity contribution in [1.82, 2.24) is 20.2 Å². The molecule has 0 radical (unpaired) electrons. The summed E-state index contributed by atoms with van der Waals surface area (Å²) in [5, 5.41) is 7.77. The summed E-state index contributed by atoms with van der Waals surface area (Å²) in [7, 11) is 3.75. The predicted molar refractivity (Wildman–Crippen MR) is 142 cm³/mol. The van der Waals surface area contributed by atoms with E-state index in [2.05, 4.69) is 33.2 Å². The van der Waals surface area contributed by atoms with E-state index in [1.54, 1.807) is 28.6 Å². The average Bonchev–Trinajstić information content (AvgIpc) is 3.46. The summed E-state index contributed by atoms with van der Waals surface area (Å²) in [5.41, 5.74) is 8.53. The second-order valence-corrected chi connectivity index (χ2v) is 9.95. The number of nitrogens with one attached hydrogen (secondary N) is 2. The van der Waals surface area contributed by atoms with Gasteiger partial charge in [0.2, 0.25) is 6.41 Å². The number of thiol groups is 1. The van der Waals surface area contributed by atoms with Crippen LogP contribution >= 0.6 is 35.6 Å². The highest BCUT2D eigenvalue weighted by atomic mass is 35.5. The third kappa shape index (κ3) is 6.50. The van der Waals surface area contributed by atoms with Crippen molar-refractivity contribution in [3.05, 3.63) is 33.9 Å². The number of rotatable bonds is 3. The molecule has 0 unspecified atom stereocenters. The Morgan fingerprint density at radius 1 is 1.15 bits per heavy atom. The molecule has 1 fully saturated rings. The second kappa shape index (κ2) is 12.4. The fourth-order valence-corrected chi connectivity index (χ4v) is 5.47. The van der Waals surface area contributed by atoms with Gasteiger partial charge < -0.3 is 21.3 Å². The van der Waals surface area contributed by atoms with Crippen molar-refractivity contribution in [3.8, 4) is 0 Å². The van der Waals surface area contributed by atoms with Crippen LogP contribution in [0, 0.1) is 0 Å². The lowest BCUT2D eigenvalue weighted by atomic mass is 9.97. The fraction of sp³-hybridized carbons (Fsp3) is 0.435. The lowest BCUT2D eigenvalue weighted by Gasteiger charge is -2.13. The summed E-state index contributed by atoms with van der Waals surface area (Å²) >= 11 is 12.4. The van der Waals surface area contributed by atoms with E-state index in [9.17, 15) is 4.79 Å². The summed E-state index contributed by atoms with van der Waals surface area (Å²) in [6.45, 7) is 1.95. The van der Waals surface area contributed by atoms with E-state index in [0.717, 1.165) is 54.1 Å². The number of benzene rings is 1. The van der Waals surface area contributed by atoms with Crippen LogP contribution in [-0.2, 0) is 17.6 Å². The van der Waals surface area contributed by atoms with Crippen LogP contribution in [0.1, 0.15) is 36.1 Å². The first kappa shape index (κ1) is 25.6. The molecule has 7 nitrogen and oxygen atoms in total. The highest BCUT2D eigenvalue weighted by molar-refractivity contribution is 7.80. The van der Waals surface area contributed by atoms with E-state index < -0.39 is 0 Å². The monoisotopic (exact) mass is 506 g/mol. The van der Waals surface area contributed by atoms with Crippen LogP contribution in [0.25, 0.3) is 10.2 Å². The lowest BCUT2D eigenvalue weighted by molar-refractivity contribution is -0.117. The fourth-order valence-electron chi connectivity index (χ4n) is 3.83. The zero-order valence-corrected chi connectivity index (χ0v) is 21.5. The van der Waals surface area contributed by atoms with Gasteiger partial charge in [-0.2, -0.15) is 0 Å². The molecule has 10 heteroatoms. The Bertz CT molecular complexity index is 1080. The summed E-state index contributed by atoms with van der Waals surface area (Å²) in [6, 6.07) is 3.53. The van der Waals surface area contributed by atoms with E-state index >= 15 is 0 Å². The molecule has 0 bridgehead atoms. The minimum Gasteiger partial charge on any atom is -0.398 e. The molecule has 1 aliphatic carbocycles. The van der Waals surface area contributed by atoms with Gasteiger partial charge in [0.25, 0.3) is 0 Å². The van der Waals surface area contributed by atoms with Crippen molar-refractivity contribution in [3.63, 3.8) is 0 Å². The number of nitrogens with zero attached hydrogens (tertiary/aromatic N) is 3. The number of carbonyl (C=O) groups excluding carboxylic acids is 1. The quantitative estimate of drug-likeness (QED) is 0.229. The Balaban J connectivity index is 0.000000257. The molecule has 1 aliphatic heterocycles. The maximum Gasteiger partial charge on any atom is 0.209 e. The standard InChI is InChI=1S/C16H15ClN4S2.C5H9NO.C2H7N/c17-9-5-10(18)12(22)6-11(9)21-15-14-8-3-1-2-4-13(8)23-16(14)20-7-19-15;7-5-6-3-1-2-4-6;1-3-2/h5-7,22H,1-4,18H2,(H,19,20,21);5H,1-4H2;3H,1-2H3. The van der Waals surface area contributed by atoms with Gasteiger partial charge in [-0.15, -0.1) is 24.0 Å². The van der Waals surface area contributed by atoms with Gasteiger partial charge in [-0.3, -0.25) is 4.79 Å². The molecular formula is C23H31ClN6OS2. The van der Waals surface area contributed by atoms with E-state index in [0.29, 0.717) is 15.6 Å². The number of aryl methyl sites for hydroxylation is 2. The third-order valence-corrected chi connectivity index (χ3v) is 7.31. The second-order valence-electron chi connectivity index (χ2n) is 7.98. The van der Waals surface area contributed by atoms with Crippen LogP contribution in [0.5, 0.6) is 0 Å². The number of hydrogen-bond donors (Lipinski definition) is 4. The highest BCUT2D eigenvalue weighted by Gasteiger charge is 2.20. The first-order valence-corrected chi connectivity index (χ1v) is 12.7. The predicted octanol–water partition coefficient (Wildman–Crippen LogP) is 4.91. The van der Waals surface area contributed by atoms with E-state index in [-0.39, 0.29) is 0 Å². The molecule has 4 N–H and O–H groups in total. The van der Waals surface area contributed by atoms with Gasteiger partial charge >= 0.3 is 0 Å². The zero-order chi connectivity index (χ0) is 23.8. The Labute approximate surface area is 209 Å².